The van der Waals surface area contributed by atoms with Gasteiger partial charge in [-0.25, -0.2) is 14.6 Å². The van der Waals surface area contributed by atoms with Crippen LogP contribution in [0.25, 0.3) is 0 Å². The Balaban J connectivity index is 1.58. The molecule has 218 valence electrons. The first-order valence-electron chi connectivity index (χ1n) is 12.5. The monoisotopic (exact) mass is 586 g/mol. The highest BCUT2D eigenvalue weighted by molar-refractivity contribution is 6.29. The molecule has 40 heavy (non-hydrogen) atoms. The molecule has 2 amide bonds. The lowest BCUT2D eigenvalue weighted by atomic mass is 9.65. The van der Waals surface area contributed by atoms with E-state index in [1.807, 2.05) is 25.2 Å². The number of amides is 2. The number of fused-ring (bicyclic) bond motifs is 1. The number of likely N-dealkylation sites (tertiary alicyclic amines) is 1. The van der Waals surface area contributed by atoms with Crippen LogP contribution in [0.4, 0.5) is 23.7 Å². The van der Waals surface area contributed by atoms with Crippen molar-refractivity contribution in [2.24, 2.45) is 0 Å². The van der Waals surface area contributed by atoms with Gasteiger partial charge in [-0.05, 0) is 57.0 Å². The van der Waals surface area contributed by atoms with Crippen molar-refractivity contribution in [3.63, 3.8) is 0 Å². The molecule has 1 saturated carbocycles. The van der Waals surface area contributed by atoms with Crippen LogP contribution in [-0.4, -0.2) is 75.1 Å². The normalized spacial score (nSPS) is 22.7. The molecule has 1 aromatic heterocycles. The Morgan fingerprint density at radius 1 is 1.10 bits per heavy atom. The molecule has 10 nitrogen and oxygen atoms in total. The molecular formula is C26H30ClF3N4O6. The summed E-state index contributed by atoms with van der Waals surface area (Å²) in [5.74, 6) is -1.42. The highest BCUT2D eigenvalue weighted by Crippen LogP contribution is 2.50. The fourth-order valence-corrected chi connectivity index (χ4v) is 5.85. The third-order valence-electron chi connectivity index (χ3n) is 7.60. The number of hydrogen-bond acceptors (Lipinski definition) is 8. The number of alkyl halides is 3. The minimum Gasteiger partial charge on any atom is -0.493 e. The largest absolute Gasteiger partial charge is 0.493 e. The number of pyridine rings is 1. The van der Waals surface area contributed by atoms with Gasteiger partial charge in [-0.15, -0.1) is 5.06 Å². The molecular weight excluding hydrogens is 557 g/mol. The summed E-state index contributed by atoms with van der Waals surface area (Å²) in [5, 5.41) is 2.78. The number of methoxy groups -OCH3 is 3. The summed E-state index contributed by atoms with van der Waals surface area (Å²) in [4.78, 5) is 35.5. The van der Waals surface area contributed by atoms with E-state index in [2.05, 4.69) is 20.0 Å². The Hall–Kier alpha value is -3.45. The molecule has 3 atom stereocenters. The van der Waals surface area contributed by atoms with Crippen LogP contribution in [0.2, 0.25) is 5.15 Å². The molecule has 4 rings (SSSR count). The standard InChI is InChI=1S/C26H30ClF3N4O6/c1-33-10-9-25(15-5-6-18(37-2)19(11-15)38-3)8-7-16(12-20(25)33)31-24(36)34(40-23(35)26(28,29)30)17-13-21(27)32-22(14-17)39-4/h5-6,11,13-14,16,20H,7-10,12H2,1-4H3,(H,31,36)/t16-,20+,25+/m1/s1. The fraction of sp³-hybridized carbons (Fsp3) is 0.500. The highest BCUT2D eigenvalue weighted by atomic mass is 35.5. The molecule has 0 unspecified atom stereocenters. The summed E-state index contributed by atoms with van der Waals surface area (Å²) in [5.41, 5.74) is 0.605. The van der Waals surface area contributed by atoms with E-state index in [0.29, 0.717) is 30.8 Å². The number of urea groups is 1. The van der Waals surface area contributed by atoms with E-state index in [4.69, 9.17) is 25.8 Å². The first-order chi connectivity index (χ1) is 18.9. The van der Waals surface area contributed by atoms with Crippen molar-refractivity contribution in [2.75, 3.05) is 40.0 Å². The molecule has 1 aliphatic heterocycles. The SMILES string of the molecule is COc1cc(N(OC(=O)C(F)(F)F)C(=O)N[C@@H]2CC[C@@]3(c4ccc(OC)c(OC)c4)CCN(C)[C@H]3C2)cc(Cl)n1. The maximum atomic E-state index is 13.3. The molecule has 1 N–H and O–H groups in total. The number of rotatable bonds is 6. The van der Waals surface area contributed by atoms with Crippen molar-refractivity contribution in [1.29, 1.82) is 0 Å². The first kappa shape index (κ1) is 29.5. The van der Waals surface area contributed by atoms with Crippen molar-refractivity contribution in [1.82, 2.24) is 15.2 Å². The topological polar surface area (TPSA) is 102 Å². The van der Waals surface area contributed by atoms with Gasteiger partial charge in [0.25, 0.3) is 0 Å². The first-order valence-corrected chi connectivity index (χ1v) is 12.8. The second-order valence-electron chi connectivity index (χ2n) is 9.75. The number of ether oxygens (including phenoxy) is 3. The summed E-state index contributed by atoms with van der Waals surface area (Å²) in [6, 6.07) is 6.61. The number of hydroxylamine groups is 1. The molecule has 2 heterocycles. The number of likely N-dealkylation sites (N-methyl/N-ethyl adjacent to an activating group) is 1. The van der Waals surface area contributed by atoms with E-state index < -0.39 is 24.2 Å². The van der Waals surface area contributed by atoms with Crippen molar-refractivity contribution in [3.8, 4) is 17.4 Å². The molecule has 2 aliphatic rings. The lowest BCUT2D eigenvalue weighted by molar-refractivity contribution is -0.199. The van der Waals surface area contributed by atoms with Gasteiger partial charge >= 0.3 is 18.2 Å². The number of nitrogens with one attached hydrogen (secondary N) is 1. The van der Waals surface area contributed by atoms with E-state index in [1.165, 1.54) is 7.11 Å². The Kier molecular flexibility index (Phi) is 8.55. The lowest BCUT2D eigenvalue weighted by Crippen LogP contribution is -2.54. The van der Waals surface area contributed by atoms with Crippen molar-refractivity contribution in [2.45, 2.75) is 49.4 Å². The van der Waals surface area contributed by atoms with E-state index in [1.54, 1.807) is 14.2 Å². The van der Waals surface area contributed by atoms with E-state index >= 15 is 0 Å². The van der Waals surface area contributed by atoms with Crippen LogP contribution in [-0.2, 0) is 15.0 Å². The summed E-state index contributed by atoms with van der Waals surface area (Å²) in [6.45, 7) is 0.824. The predicted molar refractivity (Wildman–Crippen MR) is 139 cm³/mol. The smallest absolute Gasteiger partial charge is 0.493 e. The Labute approximate surface area is 234 Å². The van der Waals surface area contributed by atoms with Crippen LogP contribution in [0.15, 0.2) is 30.3 Å². The van der Waals surface area contributed by atoms with E-state index in [0.717, 1.165) is 30.7 Å². The van der Waals surface area contributed by atoms with Crippen LogP contribution in [0.1, 0.15) is 31.2 Å². The maximum absolute atomic E-state index is 13.3. The van der Waals surface area contributed by atoms with Crippen LogP contribution >= 0.6 is 11.6 Å². The molecule has 2 aromatic rings. The number of hydrogen-bond donors (Lipinski definition) is 1. The van der Waals surface area contributed by atoms with Crippen LogP contribution in [0.5, 0.6) is 17.4 Å². The summed E-state index contributed by atoms with van der Waals surface area (Å²) in [6.07, 6.45) is -2.71. The van der Waals surface area contributed by atoms with Gasteiger partial charge in [0.15, 0.2) is 11.5 Å². The zero-order chi connectivity index (χ0) is 29.2. The molecule has 0 bridgehead atoms. The fourth-order valence-electron chi connectivity index (χ4n) is 5.66. The van der Waals surface area contributed by atoms with Crippen molar-refractivity contribution >= 4 is 29.3 Å². The number of benzene rings is 1. The van der Waals surface area contributed by atoms with Gasteiger partial charge < -0.3 is 29.3 Å². The molecule has 0 spiro atoms. The number of carbonyl (C=O) groups excluding carboxylic acids is 2. The summed E-state index contributed by atoms with van der Waals surface area (Å²) >= 11 is 5.95. The molecule has 0 radical (unpaired) electrons. The van der Waals surface area contributed by atoms with Crippen LogP contribution in [0, 0.1) is 0 Å². The van der Waals surface area contributed by atoms with Gasteiger partial charge in [-0.2, -0.15) is 13.2 Å². The predicted octanol–water partition coefficient (Wildman–Crippen LogP) is 4.49. The van der Waals surface area contributed by atoms with E-state index in [9.17, 15) is 22.8 Å². The summed E-state index contributed by atoms with van der Waals surface area (Å²) < 4.78 is 55.0. The number of halogens is 4. The minimum atomic E-state index is -5.34. The quantitative estimate of drug-likeness (QED) is 0.390. The van der Waals surface area contributed by atoms with Crippen LogP contribution < -0.4 is 24.6 Å². The van der Waals surface area contributed by atoms with Crippen LogP contribution in [0.3, 0.4) is 0 Å². The zero-order valence-corrected chi connectivity index (χ0v) is 23.1. The molecule has 1 aromatic carbocycles. The average Bonchev–Trinajstić information content (AvgIpc) is 3.26. The second-order valence-corrected chi connectivity index (χ2v) is 10.1. The highest BCUT2D eigenvalue weighted by Gasteiger charge is 2.51. The third-order valence-corrected chi connectivity index (χ3v) is 7.80. The minimum absolute atomic E-state index is 0.0197. The second kappa shape index (κ2) is 11.6. The van der Waals surface area contributed by atoms with Gasteiger partial charge in [0, 0.05) is 29.6 Å². The molecule has 2 fully saturated rings. The Morgan fingerprint density at radius 3 is 2.48 bits per heavy atom. The molecule has 14 heteroatoms. The number of anilines is 1. The average molecular weight is 587 g/mol. The zero-order valence-electron chi connectivity index (χ0n) is 22.4. The number of aromatic nitrogens is 1. The Bertz CT molecular complexity index is 1270. The Morgan fingerprint density at radius 2 is 1.82 bits per heavy atom. The van der Waals surface area contributed by atoms with Gasteiger partial charge in [-0.1, -0.05) is 17.7 Å². The summed E-state index contributed by atoms with van der Waals surface area (Å²) in [7, 11) is 6.41. The number of nitrogens with zero attached hydrogens (tertiary/aromatic N) is 3. The lowest BCUT2D eigenvalue weighted by Gasteiger charge is -2.45. The number of carbonyl (C=O) groups is 2. The van der Waals surface area contributed by atoms with Gasteiger partial charge in [-0.3, -0.25) is 0 Å². The van der Waals surface area contributed by atoms with Crippen molar-refractivity contribution < 1.29 is 41.8 Å². The van der Waals surface area contributed by atoms with Gasteiger partial charge in [0.2, 0.25) is 5.88 Å². The maximum Gasteiger partial charge on any atom is 0.493 e. The van der Waals surface area contributed by atoms with E-state index in [-0.39, 0.29) is 33.2 Å². The third kappa shape index (κ3) is 5.85. The molecule has 1 aliphatic carbocycles. The van der Waals surface area contributed by atoms with Crippen molar-refractivity contribution in [3.05, 3.63) is 41.0 Å². The molecule has 1 saturated heterocycles. The van der Waals surface area contributed by atoms with Gasteiger partial charge in [0.05, 0.1) is 27.0 Å². The van der Waals surface area contributed by atoms with Gasteiger partial charge in [0.1, 0.15) is 5.15 Å².